The summed E-state index contributed by atoms with van der Waals surface area (Å²) in [6.45, 7) is 2.01. The SMILES string of the molecule is Cc1ccc2ccccc2c1-c1c([N+](=O)[O-])ccc2ccccc12. The Morgan fingerprint density at radius 3 is 1.88 bits per heavy atom. The summed E-state index contributed by atoms with van der Waals surface area (Å²) in [5, 5.41) is 15.7. The van der Waals surface area contributed by atoms with Crippen LogP contribution in [0.2, 0.25) is 0 Å². The average Bonchev–Trinajstić information content (AvgIpc) is 2.61. The fourth-order valence-corrected chi connectivity index (χ4v) is 3.39. The van der Waals surface area contributed by atoms with Crippen molar-refractivity contribution in [3.63, 3.8) is 0 Å². The van der Waals surface area contributed by atoms with Crippen LogP contribution >= 0.6 is 0 Å². The molecule has 0 unspecified atom stereocenters. The number of hydrogen-bond acceptors (Lipinski definition) is 2. The largest absolute Gasteiger partial charge is 0.277 e. The van der Waals surface area contributed by atoms with Crippen molar-refractivity contribution in [2.45, 2.75) is 6.92 Å². The number of rotatable bonds is 2. The molecular weight excluding hydrogens is 298 g/mol. The molecule has 0 aliphatic carbocycles. The van der Waals surface area contributed by atoms with Gasteiger partial charge in [-0.05, 0) is 45.7 Å². The van der Waals surface area contributed by atoms with E-state index in [1.165, 1.54) is 0 Å². The Morgan fingerprint density at radius 1 is 0.708 bits per heavy atom. The van der Waals surface area contributed by atoms with Gasteiger partial charge in [0.25, 0.3) is 5.69 Å². The Morgan fingerprint density at radius 2 is 1.25 bits per heavy atom. The van der Waals surface area contributed by atoms with Gasteiger partial charge in [-0.3, -0.25) is 10.1 Å². The standard InChI is InChI=1S/C21H15NO2/c1-14-10-11-15-6-2-4-8-17(15)20(14)21-18-9-5-3-7-16(18)12-13-19(21)22(23)24/h2-13H,1H3. The molecule has 24 heavy (non-hydrogen) atoms. The summed E-state index contributed by atoms with van der Waals surface area (Å²) in [6, 6.07) is 23.4. The normalized spacial score (nSPS) is 11.0. The molecule has 0 aliphatic rings. The van der Waals surface area contributed by atoms with Crippen molar-refractivity contribution < 1.29 is 4.92 Å². The van der Waals surface area contributed by atoms with E-state index in [1.54, 1.807) is 6.07 Å². The zero-order valence-corrected chi connectivity index (χ0v) is 13.2. The predicted octanol–water partition coefficient (Wildman–Crippen LogP) is 5.88. The van der Waals surface area contributed by atoms with Gasteiger partial charge in [-0.1, -0.05) is 60.7 Å². The Kier molecular flexibility index (Phi) is 3.28. The molecular formula is C21H15NO2. The van der Waals surface area contributed by atoms with Gasteiger partial charge in [-0.2, -0.15) is 0 Å². The van der Waals surface area contributed by atoms with Crippen LogP contribution in [-0.2, 0) is 0 Å². The quantitative estimate of drug-likeness (QED) is 0.343. The van der Waals surface area contributed by atoms with Crippen molar-refractivity contribution in [3.05, 3.63) is 88.5 Å². The molecule has 4 aromatic carbocycles. The summed E-state index contributed by atoms with van der Waals surface area (Å²) in [5.41, 5.74) is 2.82. The first-order valence-electron chi connectivity index (χ1n) is 7.81. The van der Waals surface area contributed by atoms with E-state index in [2.05, 4.69) is 6.07 Å². The molecule has 0 fully saturated rings. The van der Waals surface area contributed by atoms with E-state index in [9.17, 15) is 10.1 Å². The van der Waals surface area contributed by atoms with Crippen LogP contribution in [0.4, 0.5) is 5.69 Å². The third-order valence-corrected chi connectivity index (χ3v) is 4.49. The first kappa shape index (κ1) is 14.4. The van der Waals surface area contributed by atoms with Crippen molar-refractivity contribution in [2.24, 2.45) is 0 Å². The van der Waals surface area contributed by atoms with Gasteiger partial charge in [0.15, 0.2) is 0 Å². The molecule has 0 saturated heterocycles. The van der Waals surface area contributed by atoms with Crippen LogP contribution in [0.25, 0.3) is 32.7 Å². The van der Waals surface area contributed by atoms with Gasteiger partial charge < -0.3 is 0 Å². The number of nitro groups is 1. The molecule has 3 heteroatoms. The minimum Gasteiger partial charge on any atom is -0.258 e. The third kappa shape index (κ3) is 2.14. The van der Waals surface area contributed by atoms with Crippen molar-refractivity contribution >= 4 is 27.2 Å². The molecule has 0 bridgehead atoms. The number of aryl methyl sites for hydroxylation is 1. The number of nitrogens with zero attached hydrogens (tertiary/aromatic N) is 1. The molecule has 116 valence electrons. The van der Waals surface area contributed by atoms with Gasteiger partial charge in [0.2, 0.25) is 0 Å². The zero-order chi connectivity index (χ0) is 16.7. The Hall–Kier alpha value is -3.20. The Labute approximate surface area is 139 Å². The lowest BCUT2D eigenvalue weighted by molar-refractivity contribution is -0.384. The van der Waals surface area contributed by atoms with E-state index in [0.29, 0.717) is 5.56 Å². The van der Waals surface area contributed by atoms with E-state index in [-0.39, 0.29) is 10.6 Å². The molecule has 4 rings (SSSR count). The second-order valence-electron chi connectivity index (χ2n) is 5.92. The zero-order valence-electron chi connectivity index (χ0n) is 13.2. The molecule has 0 saturated carbocycles. The van der Waals surface area contributed by atoms with Crippen LogP contribution in [0.5, 0.6) is 0 Å². The Balaban J connectivity index is 2.23. The van der Waals surface area contributed by atoms with Gasteiger partial charge in [-0.15, -0.1) is 0 Å². The maximum Gasteiger partial charge on any atom is 0.277 e. The van der Waals surface area contributed by atoms with E-state index in [0.717, 1.165) is 32.7 Å². The molecule has 0 aromatic heterocycles. The molecule has 0 heterocycles. The molecule has 4 aromatic rings. The van der Waals surface area contributed by atoms with Crippen molar-refractivity contribution in [1.82, 2.24) is 0 Å². The predicted molar refractivity (Wildman–Crippen MR) is 98.3 cm³/mol. The summed E-state index contributed by atoms with van der Waals surface area (Å²) in [5.74, 6) is 0. The lowest BCUT2D eigenvalue weighted by Gasteiger charge is -2.14. The van der Waals surface area contributed by atoms with Gasteiger partial charge in [0.05, 0.1) is 10.5 Å². The van der Waals surface area contributed by atoms with Crippen molar-refractivity contribution in [3.8, 4) is 11.1 Å². The number of hydrogen-bond donors (Lipinski definition) is 0. The number of fused-ring (bicyclic) bond motifs is 2. The molecule has 3 nitrogen and oxygen atoms in total. The van der Waals surface area contributed by atoms with Crippen LogP contribution in [0, 0.1) is 17.0 Å². The minimum atomic E-state index is -0.289. The van der Waals surface area contributed by atoms with Crippen LogP contribution in [0.1, 0.15) is 5.56 Å². The van der Waals surface area contributed by atoms with Crippen LogP contribution in [0.3, 0.4) is 0 Å². The highest BCUT2D eigenvalue weighted by atomic mass is 16.6. The minimum absolute atomic E-state index is 0.146. The molecule has 0 atom stereocenters. The van der Waals surface area contributed by atoms with Crippen molar-refractivity contribution in [1.29, 1.82) is 0 Å². The first-order chi connectivity index (χ1) is 11.7. The maximum atomic E-state index is 11.7. The second kappa shape index (κ2) is 5.46. The number of nitro benzene ring substituents is 1. The average molecular weight is 313 g/mol. The topological polar surface area (TPSA) is 43.1 Å². The molecule has 0 N–H and O–H groups in total. The van der Waals surface area contributed by atoms with E-state index >= 15 is 0 Å². The van der Waals surface area contributed by atoms with E-state index in [1.807, 2.05) is 67.6 Å². The fourth-order valence-electron chi connectivity index (χ4n) is 3.39. The molecule has 0 radical (unpaired) electrons. The van der Waals surface area contributed by atoms with Crippen LogP contribution in [0.15, 0.2) is 72.8 Å². The highest BCUT2D eigenvalue weighted by molar-refractivity contribution is 6.09. The summed E-state index contributed by atoms with van der Waals surface area (Å²) >= 11 is 0. The van der Waals surface area contributed by atoms with E-state index in [4.69, 9.17) is 0 Å². The highest BCUT2D eigenvalue weighted by Gasteiger charge is 2.21. The molecule has 0 amide bonds. The van der Waals surface area contributed by atoms with Gasteiger partial charge in [-0.25, -0.2) is 0 Å². The smallest absolute Gasteiger partial charge is 0.258 e. The summed E-state index contributed by atoms with van der Waals surface area (Å²) in [4.78, 5) is 11.4. The van der Waals surface area contributed by atoms with Crippen LogP contribution < -0.4 is 0 Å². The summed E-state index contributed by atoms with van der Waals surface area (Å²) < 4.78 is 0. The third-order valence-electron chi connectivity index (χ3n) is 4.49. The highest BCUT2D eigenvalue weighted by Crippen LogP contribution is 2.41. The summed E-state index contributed by atoms with van der Waals surface area (Å²) in [6.07, 6.45) is 0. The Bertz CT molecular complexity index is 1100. The fraction of sp³-hybridized carbons (Fsp3) is 0.0476. The molecule has 0 aliphatic heterocycles. The molecule has 0 spiro atoms. The van der Waals surface area contributed by atoms with Gasteiger partial charge in [0.1, 0.15) is 0 Å². The van der Waals surface area contributed by atoms with Gasteiger partial charge >= 0.3 is 0 Å². The lowest BCUT2D eigenvalue weighted by Crippen LogP contribution is -1.95. The number of benzene rings is 4. The first-order valence-corrected chi connectivity index (χ1v) is 7.81. The maximum absolute atomic E-state index is 11.7. The lowest BCUT2D eigenvalue weighted by atomic mass is 9.89. The summed E-state index contributed by atoms with van der Waals surface area (Å²) in [7, 11) is 0. The van der Waals surface area contributed by atoms with E-state index < -0.39 is 0 Å². The van der Waals surface area contributed by atoms with Crippen molar-refractivity contribution in [2.75, 3.05) is 0 Å². The second-order valence-corrected chi connectivity index (χ2v) is 5.92. The van der Waals surface area contributed by atoms with Crippen LogP contribution in [-0.4, -0.2) is 4.92 Å². The van der Waals surface area contributed by atoms with Gasteiger partial charge in [0, 0.05) is 6.07 Å². The monoisotopic (exact) mass is 313 g/mol.